The Labute approximate surface area is 161 Å². The van der Waals surface area contributed by atoms with Gasteiger partial charge in [0.2, 0.25) is 5.91 Å². The summed E-state index contributed by atoms with van der Waals surface area (Å²) in [6, 6.07) is 14.3. The lowest BCUT2D eigenvalue weighted by Gasteiger charge is -2.34. The molecular formula is C22H28N4O. The van der Waals surface area contributed by atoms with Gasteiger partial charge < -0.3 is 10.2 Å². The van der Waals surface area contributed by atoms with Crippen molar-refractivity contribution in [3.63, 3.8) is 0 Å². The molecule has 2 aromatic rings. The van der Waals surface area contributed by atoms with Crippen molar-refractivity contribution in [1.82, 2.24) is 20.1 Å². The summed E-state index contributed by atoms with van der Waals surface area (Å²) in [7, 11) is 0. The van der Waals surface area contributed by atoms with Gasteiger partial charge in [-0.3, -0.25) is 14.7 Å². The Bertz CT molecular complexity index is 710. The summed E-state index contributed by atoms with van der Waals surface area (Å²) >= 11 is 0. The van der Waals surface area contributed by atoms with Gasteiger partial charge in [-0.25, -0.2) is 0 Å². The molecule has 27 heavy (non-hydrogen) atoms. The van der Waals surface area contributed by atoms with Crippen molar-refractivity contribution >= 4 is 12.0 Å². The fourth-order valence-corrected chi connectivity index (χ4v) is 3.17. The molecule has 0 saturated carbocycles. The number of hydrogen-bond acceptors (Lipinski definition) is 4. The van der Waals surface area contributed by atoms with Crippen LogP contribution in [-0.4, -0.2) is 60.0 Å². The van der Waals surface area contributed by atoms with Crippen molar-refractivity contribution in [3.05, 3.63) is 72.1 Å². The van der Waals surface area contributed by atoms with Gasteiger partial charge in [0.25, 0.3) is 0 Å². The Morgan fingerprint density at radius 2 is 1.78 bits per heavy atom. The molecule has 142 valence electrons. The van der Waals surface area contributed by atoms with E-state index < -0.39 is 0 Å². The van der Waals surface area contributed by atoms with E-state index in [0.29, 0.717) is 13.0 Å². The molecule has 1 aliphatic rings. The Morgan fingerprint density at radius 3 is 2.52 bits per heavy atom. The molecular weight excluding hydrogens is 336 g/mol. The third kappa shape index (κ3) is 6.62. The van der Waals surface area contributed by atoms with Crippen LogP contribution in [-0.2, 0) is 11.3 Å². The number of pyridine rings is 1. The molecule has 0 aliphatic carbocycles. The number of nitrogens with zero attached hydrogens (tertiary/aromatic N) is 3. The third-order valence-corrected chi connectivity index (χ3v) is 4.79. The molecule has 0 unspecified atom stereocenters. The molecule has 1 N–H and O–H groups in total. The van der Waals surface area contributed by atoms with Gasteiger partial charge in [-0.1, -0.05) is 42.5 Å². The quantitative estimate of drug-likeness (QED) is 0.731. The van der Waals surface area contributed by atoms with Crippen LogP contribution in [0, 0.1) is 0 Å². The maximum absolute atomic E-state index is 12.4. The maximum Gasteiger partial charge on any atom is 0.223 e. The summed E-state index contributed by atoms with van der Waals surface area (Å²) in [5, 5.41) is 3.33. The number of aromatic nitrogens is 1. The summed E-state index contributed by atoms with van der Waals surface area (Å²) in [5.41, 5.74) is 2.42. The zero-order chi connectivity index (χ0) is 18.7. The second-order valence-corrected chi connectivity index (χ2v) is 6.78. The fourth-order valence-electron chi connectivity index (χ4n) is 3.17. The second-order valence-electron chi connectivity index (χ2n) is 6.78. The number of piperazine rings is 1. The number of rotatable bonds is 8. The molecule has 1 amide bonds. The Kier molecular flexibility index (Phi) is 7.56. The maximum atomic E-state index is 12.4. The monoisotopic (exact) mass is 364 g/mol. The van der Waals surface area contributed by atoms with Crippen LogP contribution in [0.25, 0.3) is 6.08 Å². The average Bonchev–Trinajstić information content (AvgIpc) is 2.73. The molecule has 1 aromatic carbocycles. The second kappa shape index (κ2) is 10.6. The highest BCUT2D eigenvalue weighted by molar-refractivity contribution is 5.76. The first-order valence-corrected chi connectivity index (χ1v) is 9.62. The van der Waals surface area contributed by atoms with Gasteiger partial charge in [0.15, 0.2) is 0 Å². The molecule has 5 heteroatoms. The lowest BCUT2D eigenvalue weighted by atomic mass is 10.2. The summed E-state index contributed by atoms with van der Waals surface area (Å²) in [4.78, 5) is 20.8. The molecule has 0 atom stereocenters. The van der Waals surface area contributed by atoms with E-state index >= 15 is 0 Å². The summed E-state index contributed by atoms with van der Waals surface area (Å²) in [5.74, 6) is 0.247. The average molecular weight is 364 g/mol. The Hall–Kier alpha value is -2.50. The van der Waals surface area contributed by atoms with Gasteiger partial charge in [0.1, 0.15) is 0 Å². The van der Waals surface area contributed by atoms with Gasteiger partial charge in [0, 0.05) is 64.6 Å². The molecule has 1 aliphatic heterocycles. The normalized spacial score (nSPS) is 15.3. The van der Waals surface area contributed by atoms with Crippen molar-refractivity contribution in [3.8, 4) is 0 Å². The minimum absolute atomic E-state index is 0.247. The first-order chi connectivity index (χ1) is 13.3. The van der Waals surface area contributed by atoms with Crippen LogP contribution in [0.1, 0.15) is 17.5 Å². The molecule has 5 nitrogen and oxygen atoms in total. The van der Waals surface area contributed by atoms with E-state index in [9.17, 15) is 4.79 Å². The minimum Gasteiger partial charge on any atom is -0.340 e. The summed E-state index contributed by atoms with van der Waals surface area (Å²) < 4.78 is 0. The molecule has 2 heterocycles. The van der Waals surface area contributed by atoms with E-state index in [2.05, 4.69) is 51.6 Å². The molecule has 1 aromatic heterocycles. The highest BCUT2D eigenvalue weighted by Crippen LogP contribution is 2.06. The fraction of sp³-hybridized carbons (Fsp3) is 0.364. The molecule has 0 bridgehead atoms. The SMILES string of the molecule is O=C(CCNCc1ccncc1)N1CCN(C/C=C/c2ccccc2)CC1. The molecule has 1 fully saturated rings. The van der Waals surface area contributed by atoms with E-state index in [4.69, 9.17) is 0 Å². The van der Waals surface area contributed by atoms with Crippen molar-refractivity contribution < 1.29 is 4.79 Å². The number of nitrogens with one attached hydrogen (secondary N) is 1. The van der Waals surface area contributed by atoms with Crippen molar-refractivity contribution in [1.29, 1.82) is 0 Å². The van der Waals surface area contributed by atoms with Crippen molar-refractivity contribution in [2.24, 2.45) is 0 Å². The summed E-state index contributed by atoms with van der Waals surface area (Å²) in [6.45, 7) is 5.94. The number of hydrogen-bond donors (Lipinski definition) is 1. The first-order valence-electron chi connectivity index (χ1n) is 9.62. The predicted molar refractivity (Wildman–Crippen MR) is 109 cm³/mol. The minimum atomic E-state index is 0.247. The van der Waals surface area contributed by atoms with Crippen LogP contribution in [0.5, 0.6) is 0 Å². The van der Waals surface area contributed by atoms with E-state index in [1.807, 2.05) is 23.1 Å². The van der Waals surface area contributed by atoms with E-state index in [0.717, 1.165) is 39.3 Å². The zero-order valence-corrected chi connectivity index (χ0v) is 15.8. The van der Waals surface area contributed by atoms with E-state index in [1.165, 1.54) is 11.1 Å². The van der Waals surface area contributed by atoms with Crippen LogP contribution in [0.15, 0.2) is 60.9 Å². The Morgan fingerprint density at radius 1 is 1.04 bits per heavy atom. The molecule has 0 radical (unpaired) electrons. The number of amides is 1. The predicted octanol–water partition coefficient (Wildman–Crippen LogP) is 2.42. The van der Waals surface area contributed by atoms with Crippen LogP contribution < -0.4 is 5.32 Å². The van der Waals surface area contributed by atoms with Crippen molar-refractivity contribution in [2.45, 2.75) is 13.0 Å². The number of carbonyl (C=O) groups excluding carboxylic acids is 1. The topological polar surface area (TPSA) is 48.5 Å². The van der Waals surface area contributed by atoms with Gasteiger partial charge in [-0.15, -0.1) is 0 Å². The van der Waals surface area contributed by atoms with Crippen LogP contribution in [0.3, 0.4) is 0 Å². The lowest BCUT2D eigenvalue weighted by Crippen LogP contribution is -2.49. The van der Waals surface area contributed by atoms with Gasteiger partial charge in [-0.2, -0.15) is 0 Å². The lowest BCUT2D eigenvalue weighted by molar-refractivity contribution is -0.132. The number of benzene rings is 1. The van der Waals surface area contributed by atoms with E-state index in [-0.39, 0.29) is 5.91 Å². The first kappa shape index (κ1) is 19.3. The smallest absolute Gasteiger partial charge is 0.223 e. The van der Waals surface area contributed by atoms with Crippen LogP contribution in [0.2, 0.25) is 0 Å². The highest BCUT2D eigenvalue weighted by atomic mass is 16.2. The Balaban J connectivity index is 1.30. The van der Waals surface area contributed by atoms with Crippen LogP contribution in [0.4, 0.5) is 0 Å². The van der Waals surface area contributed by atoms with Crippen molar-refractivity contribution in [2.75, 3.05) is 39.3 Å². The third-order valence-electron chi connectivity index (χ3n) is 4.79. The van der Waals surface area contributed by atoms with Crippen LogP contribution >= 0.6 is 0 Å². The van der Waals surface area contributed by atoms with Gasteiger partial charge in [-0.05, 0) is 23.3 Å². The van der Waals surface area contributed by atoms with Gasteiger partial charge >= 0.3 is 0 Å². The largest absolute Gasteiger partial charge is 0.340 e. The number of carbonyl (C=O) groups is 1. The summed E-state index contributed by atoms with van der Waals surface area (Å²) in [6.07, 6.45) is 8.49. The van der Waals surface area contributed by atoms with Gasteiger partial charge in [0.05, 0.1) is 0 Å². The molecule has 0 spiro atoms. The standard InChI is InChI=1S/C22H28N4O/c27-22(10-13-24-19-21-8-11-23-12-9-21)26-17-15-25(16-18-26)14-4-7-20-5-2-1-3-6-20/h1-9,11-12,24H,10,13-19H2/b7-4+. The highest BCUT2D eigenvalue weighted by Gasteiger charge is 2.19. The van der Waals surface area contributed by atoms with E-state index in [1.54, 1.807) is 12.4 Å². The molecule has 3 rings (SSSR count). The zero-order valence-electron chi connectivity index (χ0n) is 15.8. The molecule has 1 saturated heterocycles.